The number of nitriles is 1. The fraction of sp³-hybridized carbons (Fsp3) is 0.529. The van der Waals surface area contributed by atoms with Crippen LogP contribution in [0.15, 0.2) is 24.3 Å². The third-order valence-corrected chi connectivity index (χ3v) is 4.25. The Hall–Kier alpha value is -2.06. The Morgan fingerprint density at radius 3 is 2.77 bits per heavy atom. The fourth-order valence-electron chi connectivity index (χ4n) is 2.94. The van der Waals surface area contributed by atoms with E-state index in [1.54, 1.807) is 24.3 Å². The molecule has 2 rings (SSSR count). The SMILES string of the molecule is C[C@H]1CCCCN1[C@@H](C)CNC(=O)Nc1ccc(C#N)cc1. The number of anilines is 1. The Kier molecular flexibility index (Phi) is 5.79. The fourth-order valence-corrected chi connectivity index (χ4v) is 2.94. The number of hydrogen-bond donors (Lipinski definition) is 2. The summed E-state index contributed by atoms with van der Waals surface area (Å²) in [4.78, 5) is 14.4. The summed E-state index contributed by atoms with van der Waals surface area (Å²) in [6.45, 7) is 6.16. The summed E-state index contributed by atoms with van der Waals surface area (Å²) in [5.41, 5.74) is 1.27. The van der Waals surface area contributed by atoms with Gasteiger partial charge >= 0.3 is 6.03 Å². The van der Waals surface area contributed by atoms with Crippen molar-refractivity contribution in [1.82, 2.24) is 10.2 Å². The van der Waals surface area contributed by atoms with Gasteiger partial charge < -0.3 is 10.6 Å². The van der Waals surface area contributed by atoms with Gasteiger partial charge in [-0.1, -0.05) is 6.42 Å². The Morgan fingerprint density at radius 2 is 2.14 bits per heavy atom. The van der Waals surface area contributed by atoms with Crippen LogP contribution >= 0.6 is 0 Å². The second-order valence-electron chi connectivity index (χ2n) is 5.96. The van der Waals surface area contributed by atoms with E-state index in [1.807, 2.05) is 0 Å². The first-order valence-electron chi connectivity index (χ1n) is 7.91. The Labute approximate surface area is 132 Å². The number of rotatable bonds is 4. The average Bonchev–Trinajstić information content (AvgIpc) is 2.54. The molecule has 1 aromatic carbocycles. The summed E-state index contributed by atoms with van der Waals surface area (Å²) in [6.07, 6.45) is 3.78. The van der Waals surface area contributed by atoms with Crippen molar-refractivity contribution in [2.24, 2.45) is 0 Å². The highest BCUT2D eigenvalue weighted by Gasteiger charge is 2.23. The van der Waals surface area contributed by atoms with Crippen LogP contribution in [0.5, 0.6) is 0 Å². The van der Waals surface area contributed by atoms with E-state index in [2.05, 4.69) is 35.5 Å². The van der Waals surface area contributed by atoms with Gasteiger partial charge in [-0.25, -0.2) is 4.79 Å². The molecule has 118 valence electrons. The molecule has 1 fully saturated rings. The third kappa shape index (κ3) is 4.47. The normalized spacial score (nSPS) is 20.0. The van der Waals surface area contributed by atoms with E-state index in [-0.39, 0.29) is 6.03 Å². The van der Waals surface area contributed by atoms with Crippen molar-refractivity contribution in [2.75, 3.05) is 18.4 Å². The smallest absolute Gasteiger partial charge is 0.319 e. The number of nitrogens with one attached hydrogen (secondary N) is 2. The summed E-state index contributed by atoms with van der Waals surface area (Å²) in [5.74, 6) is 0. The van der Waals surface area contributed by atoms with E-state index >= 15 is 0 Å². The number of nitrogens with zero attached hydrogens (tertiary/aromatic N) is 2. The summed E-state index contributed by atoms with van der Waals surface area (Å²) >= 11 is 0. The van der Waals surface area contributed by atoms with Crippen LogP contribution in [0, 0.1) is 11.3 Å². The standard InChI is InChI=1S/C17H24N4O/c1-13-5-3-4-10-21(13)14(2)12-19-17(22)20-16-8-6-15(11-18)7-9-16/h6-9,13-14H,3-5,10,12H2,1-2H3,(H2,19,20,22)/t13-,14-/m0/s1. The van der Waals surface area contributed by atoms with Crippen molar-refractivity contribution in [3.63, 3.8) is 0 Å². The van der Waals surface area contributed by atoms with Crippen molar-refractivity contribution in [3.8, 4) is 6.07 Å². The highest BCUT2D eigenvalue weighted by atomic mass is 16.2. The molecule has 0 spiro atoms. The van der Waals surface area contributed by atoms with Crippen molar-refractivity contribution >= 4 is 11.7 Å². The molecular weight excluding hydrogens is 276 g/mol. The van der Waals surface area contributed by atoms with Crippen molar-refractivity contribution in [1.29, 1.82) is 5.26 Å². The van der Waals surface area contributed by atoms with Crippen LogP contribution in [0.3, 0.4) is 0 Å². The summed E-state index contributed by atoms with van der Waals surface area (Å²) in [6, 6.07) is 9.61. The summed E-state index contributed by atoms with van der Waals surface area (Å²) in [7, 11) is 0. The molecule has 0 radical (unpaired) electrons. The maximum Gasteiger partial charge on any atom is 0.319 e. The van der Waals surface area contributed by atoms with Crippen LogP contribution in [0.2, 0.25) is 0 Å². The molecule has 2 atom stereocenters. The lowest BCUT2D eigenvalue weighted by Gasteiger charge is -2.38. The first-order chi connectivity index (χ1) is 10.6. The maximum absolute atomic E-state index is 11.9. The van der Waals surface area contributed by atoms with Gasteiger partial charge in [0.2, 0.25) is 0 Å². The lowest BCUT2D eigenvalue weighted by Crippen LogP contribution is -2.49. The average molecular weight is 300 g/mol. The van der Waals surface area contributed by atoms with Gasteiger partial charge in [0.05, 0.1) is 11.6 Å². The molecule has 0 bridgehead atoms. The minimum Gasteiger partial charge on any atom is -0.336 e. The lowest BCUT2D eigenvalue weighted by atomic mass is 10.0. The van der Waals surface area contributed by atoms with E-state index in [4.69, 9.17) is 5.26 Å². The van der Waals surface area contributed by atoms with Gasteiger partial charge in [-0.3, -0.25) is 4.90 Å². The minimum atomic E-state index is -0.207. The van der Waals surface area contributed by atoms with Crippen LogP contribution in [0.1, 0.15) is 38.7 Å². The van der Waals surface area contributed by atoms with Gasteiger partial charge in [-0.2, -0.15) is 5.26 Å². The first kappa shape index (κ1) is 16.3. The first-order valence-corrected chi connectivity index (χ1v) is 7.91. The number of carbonyl (C=O) groups excluding carboxylic acids is 1. The molecule has 0 saturated carbocycles. The molecule has 0 unspecified atom stereocenters. The topological polar surface area (TPSA) is 68.2 Å². The molecule has 1 heterocycles. The van der Waals surface area contributed by atoms with Crippen LogP contribution < -0.4 is 10.6 Å². The predicted octanol–water partition coefficient (Wildman–Crippen LogP) is 2.94. The quantitative estimate of drug-likeness (QED) is 0.898. The van der Waals surface area contributed by atoms with Crippen LogP contribution in [0.4, 0.5) is 10.5 Å². The molecule has 2 N–H and O–H groups in total. The highest BCUT2D eigenvalue weighted by molar-refractivity contribution is 5.89. The number of carbonyl (C=O) groups is 1. The second-order valence-corrected chi connectivity index (χ2v) is 5.96. The Bertz CT molecular complexity index is 535. The molecule has 5 nitrogen and oxygen atoms in total. The number of amides is 2. The van der Waals surface area contributed by atoms with E-state index in [1.165, 1.54) is 19.3 Å². The van der Waals surface area contributed by atoms with E-state index in [0.717, 1.165) is 6.54 Å². The molecule has 1 aliphatic heterocycles. The monoisotopic (exact) mass is 300 g/mol. The molecule has 2 amide bonds. The second kappa shape index (κ2) is 7.81. The Morgan fingerprint density at radius 1 is 1.41 bits per heavy atom. The maximum atomic E-state index is 11.9. The Balaban J connectivity index is 1.78. The number of urea groups is 1. The zero-order valence-corrected chi connectivity index (χ0v) is 13.3. The molecule has 0 aliphatic carbocycles. The molecule has 1 aliphatic rings. The van der Waals surface area contributed by atoms with Gasteiger partial charge in [0.25, 0.3) is 0 Å². The largest absolute Gasteiger partial charge is 0.336 e. The van der Waals surface area contributed by atoms with E-state index < -0.39 is 0 Å². The highest BCUT2D eigenvalue weighted by Crippen LogP contribution is 2.18. The van der Waals surface area contributed by atoms with E-state index in [9.17, 15) is 4.79 Å². The molecule has 1 saturated heterocycles. The van der Waals surface area contributed by atoms with Crippen LogP contribution in [-0.2, 0) is 0 Å². The molecule has 0 aromatic heterocycles. The predicted molar refractivity (Wildman–Crippen MR) is 87.7 cm³/mol. The van der Waals surface area contributed by atoms with Gasteiger partial charge in [-0.05, 0) is 57.5 Å². The minimum absolute atomic E-state index is 0.207. The van der Waals surface area contributed by atoms with Gasteiger partial charge in [0, 0.05) is 24.3 Å². The molecule has 22 heavy (non-hydrogen) atoms. The van der Waals surface area contributed by atoms with Crippen LogP contribution in [-0.4, -0.2) is 36.1 Å². The molecular formula is C17H24N4O. The zero-order valence-electron chi connectivity index (χ0n) is 13.3. The summed E-state index contributed by atoms with van der Waals surface area (Å²) < 4.78 is 0. The number of benzene rings is 1. The van der Waals surface area contributed by atoms with Crippen molar-refractivity contribution in [3.05, 3.63) is 29.8 Å². The van der Waals surface area contributed by atoms with Crippen LogP contribution in [0.25, 0.3) is 0 Å². The number of likely N-dealkylation sites (tertiary alicyclic amines) is 1. The third-order valence-electron chi connectivity index (χ3n) is 4.25. The van der Waals surface area contributed by atoms with E-state index in [0.29, 0.717) is 29.9 Å². The number of hydrogen-bond acceptors (Lipinski definition) is 3. The zero-order chi connectivity index (χ0) is 15.9. The molecule has 1 aromatic rings. The summed E-state index contributed by atoms with van der Waals surface area (Å²) in [5, 5.41) is 14.5. The van der Waals surface area contributed by atoms with Crippen molar-refractivity contribution < 1.29 is 4.79 Å². The van der Waals surface area contributed by atoms with Gasteiger partial charge in [0.1, 0.15) is 0 Å². The molecule has 5 heteroatoms. The number of piperidine rings is 1. The lowest BCUT2D eigenvalue weighted by molar-refractivity contribution is 0.114. The van der Waals surface area contributed by atoms with Crippen molar-refractivity contribution in [2.45, 2.75) is 45.2 Å². The van der Waals surface area contributed by atoms with Gasteiger partial charge in [0.15, 0.2) is 0 Å². The van der Waals surface area contributed by atoms with Gasteiger partial charge in [-0.15, -0.1) is 0 Å².